The molecule has 0 aliphatic heterocycles. The molecular formula is C8H13N3O4S. The van der Waals surface area contributed by atoms with Gasteiger partial charge in [-0.15, -0.1) is 0 Å². The average molecular weight is 247 g/mol. The van der Waals surface area contributed by atoms with Crippen molar-refractivity contribution in [1.82, 2.24) is 9.88 Å². The SMILES string of the molecule is Cn1cc(S(N)(=O)=O)cc1C(=O)NCCO. The number of nitrogens with one attached hydrogen (secondary N) is 1. The lowest BCUT2D eigenvalue weighted by Gasteiger charge is -2.03. The van der Waals surface area contributed by atoms with E-state index >= 15 is 0 Å². The van der Waals surface area contributed by atoms with E-state index in [9.17, 15) is 13.2 Å². The van der Waals surface area contributed by atoms with Crippen LogP contribution in [-0.2, 0) is 17.1 Å². The third-order valence-electron chi connectivity index (χ3n) is 1.94. The molecule has 0 aliphatic carbocycles. The Labute approximate surface area is 92.9 Å². The van der Waals surface area contributed by atoms with Crippen LogP contribution >= 0.6 is 0 Å². The molecule has 0 radical (unpaired) electrons. The maximum Gasteiger partial charge on any atom is 0.268 e. The fourth-order valence-electron chi connectivity index (χ4n) is 1.18. The molecule has 4 N–H and O–H groups in total. The van der Waals surface area contributed by atoms with Crippen molar-refractivity contribution in [3.63, 3.8) is 0 Å². The molecule has 16 heavy (non-hydrogen) atoms. The van der Waals surface area contributed by atoms with Crippen LogP contribution < -0.4 is 10.5 Å². The number of hydrogen-bond donors (Lipinski definition) is 3. The van der Waals surface area contributed by atoms with Gasteiger partial charge in [-0.1, -0.05) is 0 Å². The highest BCUT2D eigenvalue weighted by Crippen LogP contribution is 2.11. The first-order valence-electron chi connectivity index (χ1n) is 4.44. The summed E-state index contributed by atoms with van der Waals surface area (Å²) in [5, 5.41) is 15.9. The zero-order valence-electron chi connectivity index (χ0n) is 8.67. The van der Waals surface area contributed by atoms with E-state index in [0.29, 0.717) is 0 Å². The molecule has 0 aromatic carbocycles. The van der Waals surface area contributed by atoms with E-state index in [0.717, 1.165) is 0 Å². The summed E-state index contributed by atoms with van der Waals surface area (Å²) in [6.07, 6.45) is 1.25. The molecule has 0 saturated heterocycles. The van der Waals surface area contributed by atoms with Crippen molar-refractivity contribution in [3.8, 4) is 0 Å². The highest BCUT2D eigenvalue weighted by Gasteiger charge is 2.16. The average Bonchev–Trinajstić information content (AvgIpc) is 2.56. The summed E-state index contributed by atoms with van der Waals surface area (Å²) in [4.78, 5) is 11.4. The molecule has 90 valence electrons. The van der Waals surface area contributed by atoms with Crippen LogP contribution in [0.2, 0.25) is 0 Å². The summed E-state index contributed by atoms with van der Waals surface area (Å²) >= 11 is 0. The summed E-state index contributed by atoms with van der Waals surface area (Å²) < 4.78 is 23.4. The molecule has 0 spiro atoms. The lowest BCUT2D eigenvalue weighted by Crippen LogP contribution is -2.27. The maximum absolute atomic E-state index is 11.5. The Balaban J connectivity index is 2.99. The number of rotatable bonds is 4. The van der Waals surface area contributed by atoms with Gasteiger partial charge in [-0.3, -0.25) is 4.79 Å². The molecule has 1 rings (SSSR count). The first-order valence-corrected chi connectivity index (χ1v) is 5.99. The number of carbonyl (C=O) groups excluding carboxylic acids is 1. The van der Waals surface area contributed by atoms with Crippen molar-refractivity contribution in [3.05, 3.63) is 18.0 Å². The number of hydrogen-bond acceptors (Lipinski definition) is 4. The molecule has 0 bridgehead atoms. The highest BCUT2D eigenvalue weighted by molar-refractivity contribution is 7.89. The van der Waals surface area contributed by atoms with Gasteiger partial charge in [-0.05, 0) is 6.07 Å². The number of aliphatic hydroxyl groups is 1. The third-order valence-corrected chi connectivity index (χ3v) is 2.82. The van der Waals surface area contributed by atoms with Gasteiger partial charge in [-0.25, -0.2) is 13.6 Å². The molecule has 1 amide bonds. The van der Waals surface area contributed by atoms with Crippen molar-refractivity contribution >= 4 is 15.9 Å². The van der Waals surface area contributed by atoms with Crippen LogP contribution in [0.1, 0.15) is 10.5 Å². The number of sulfonamides is 1. The summed E-state index contributed by atoms with van der Waals surface area (Å²) in [6.45, 7) is -0.0765. The van der Waals surface area contributed by atoms with Gasteiger partial charge in [0.1, 0.15) is 10.6 Å². The molecule has 0 unspecified atom stereocenters. The first-order chi connectivity index (χ1) is 7.36. The maximum atomic E-state index is 11.5. The lowest BCUT2D eigenvalue weighted by atomic mass is 10.4. The van der Waals surface area contributed by atoms with Crippen molar-refractivity contribution < 1.29 is 18.3 Å². The normalized spacial score (nSPS) is 11.4. The van der Waals surface area contributed by atoms with Gasteiger partial charge in [0.05, 0.1) is 6.61 Å². The van der Waals surface area contributed by atoms with Crippen molar-refractivity contribution in [1.29, 1.82) is 0 Å². The molecule has 1 heterocycles. The van der Waals surface area contributed by atoms with Crippen molar-refractivity contribution in [2.75, 3.05) is 13.2 Å². The quantitative estimate of drug-likeness (QED) is 0.594. The second kappa shape index (κ2) is 4.64. The number of nitrogens with zero attached hydrogens (tertiary/aromatic N) is 1. The van der Waals surface area contributed by atoms with Crippen LogP contribution in [0, 0.1) is 0 Å². The number of aromatic nitrogens is 1. The zero-order valence-corrected chi connectivity index (χ0v) is 9.49. The highest BCUT2D eigenvalue weighted by atomic mass is 32.2. The molecule has 1 aromatic rings. The topological polar surface area (TPSA) is 114 Å². The lowest BCUT2D eigenvalue weighted by molar-refractivity contribution is 0.0936. The predicted molar refractivity (Wildman–Crippen MR) is 56.2 cm³/mol. The zero-order chi connectivity index (χ0) is 12.3. The second-order valence-corrected chi connectivity index (χ2v) is 4.76. The van der Waals surface area contributed by atoms with E-state index in [4.69, 9.17) is 10.2 Å². The first kappa shape index (κ1) is 12.7. The van der Waals surface area contributed by atoms with Crippen molar-refractivity contribution in [2.45, 2.75) is 4.90 Å². The standard InChI is InChI=1S/C8H13N3O4S/c1-11-5-6(16(9,14)15)4-7(11)8(13)10-2-3-12/h4-5,12H,2-3H2,1H3,(H,10,13)(H2,9,14,15). The van der Waals surface area contributed by atoms with Gasteiger partial charge >= 0.3 is 0 Å². The minimum Gasteiger partial charge on any atom is -0.395 e. The van der Waals surface area contributed by atoms with E-state index in [1.54, 1.807) is 0 Å². The predicted octanol–water partition coefficient (Wildman–Crippen LogP) is -1.61. The largest absolute Gasteiger partial charge is 0.395 e. The number of carbonyl (C=O) groups is 1. The summed E-state index contributed by atoms with van der Waals surface area (Å²) in [7, 11) is -2.28. The van der Waals surface area contributed by atoms with Gasteiger partial charge in [0.15, 0.2) is 0 Å². The van der Waals surface area contributed by atoms with E-state index in [-0.39, 0.29) is 23.7 Å². The molecule has 8 heteroatoms. The molecule has 0 fully saturated rings. The van der Waals surface area contributed by atoms with E-state index in [1.165, 1.54) is 23.9 Å². The number of aliphatic hydroxyl groups excluding tert-OH is 1. The Hall–Kier alpha value is -1.38. The molecular weight excluding hydrogens is 234 g/mol. The molecule has 0 aliphatic rings. The Kier molecular flexibility index (Phi) is 3.68. The van der Waals surface area contributed by atoms with Gasteiger partial charge in [0.2, 0.25) is 10.0 Å². The molecule has 0 atom stereocenters. The summed E-state index contributed by atoms with van der Waals surface area (Å²) in [5.74, 6) is -0.466. The van der Waals surface area contributed by atoms with Crippen LogP contribution in [0.5, 0.6) is 0 Å². The fraction of sp³-hybridized carbons (Fsp3) is 0.375. The number of nitrogens with two attached hydrogens (primary N) is 1. The smallest absolute Gasteiger partial charge is 0.268 e. The Morgan fingerprint density at radius 2 is 2.25 bits per heavy atom. The van der Waals surface area contributed by atoms with E-state index in [1.807, 2.05) is 0 Å². The van der Waals surface area contributed by atoms with E-state index < -0.39 is 15.9 Å². The van der Waals surface area contributed by atoms with E-state index in [2.05, 4.69) is 5.32 Å². The molecule has 7 nitrogen and oxygen atoms in total. The number of amides is 1. The second-order valence-electron chi connectivity index (χ2n) is 3.20. The van der Waals surface area contributed by atoms with Gasteiger partial charge in [0.25, 0.3) is 5.91 Å². The van der Waals surface area contributed by atoms with Crippen LogP contribution in [0.15, 0.2) is 17.2 Å². The van der Waals surface area contributed by atoms with Gasteiger partial charge in [-0.2, -0.15) is 0 Å². The van der Waals surface area contributed by atoms with Crippen LogP contribution in [-0.4, -0.2) is 37.2 Å². The van der Waals surface area contributed by atoms with Gasteiger partial charge < -0.3 is 15.0 Å². The van der Waals surface area contributed by atoms with Crippen LogP contribution in [0.3, 0.4) is 0 Å². The number of aryl methyl sites for hydroxylation is 1. The Bertz CT molecular complexity index is 491. The minimum atomic E-state index is -3.81. The van der Waals surface area contributed by atoms with Gasteiger partial charge in [0, 0.05) is 19.8 Å². The minimum absolute atomic E-state index is 0.106. The van der Waals surface area contributed by atoms with Crippen molar-refractivity contribution in [2.24, 2.45) is 12.2 Å². The molecule has 1 aromatic heterocycles. The molecule has 0 saturated carbocycles. The third kappa shape index (κ3) is 2.81. The Morgan fingerprint density at radius 3 is 2.69 bits per heavy atom. The summed E-state index contributed by atoms with van der Waals surface area (Å²) in [6, 6.07) is 1.18. The van der Waals surface area contributed by atoms with Crippen LogP contribution in [0.4, 0.5) is 0 Å². The fourth-order valence-corrected chi connectivity index (χ4v) is 1.76. The summed E-state index contributed by atoms with van der Waals surface area (Å²) in [5.41, 5.74) is 0.164. The number of primary sulfonamides is 1. The van der Waals surface area contributed by atoms with Crippen LogP contribution in [0.25, 0.3) is 0 Å². The Morgan fingerprint density at radius 1 is 1.62 bits per heavy atom. The monoisotopic (exact) mass is 247 g/mol.